The Hall–Kier alpha value is -2.29. The minimum Gasteiger partial charge on any atom is -0.487 e. The van der Waals surface area contributed by atoms with Crippen LogP contribution in [0.2, 0.25) is 0 Å². The molecule has 4 heterocycles. The summed E-state index contributed by atoms with van der Waals surface area (Å²) in [4.78, 5) is 6.86. The number of hydrogen-bond donors (Lipinski definition) is 0. The third-order valence-electron chi connectivity index (χ3n) is 4.83. The summed E-state index contributed by atoms with van der Waals surface area (Å²) in [6.45, 7) is 3.01. The molecule has 0 N–H and O–H groups in total. The molecule has 3 saturated heterocycles. The van der Waals surface area contributed by atoms with E-state index in [1.165, 1.54) is 43.6 Å². The van der Waals surface area contributed by atoms with Crippen molar-refractivity contribution in [2.75, 3.05) is 13.1 Å². The maximum atomic E-state index is 5.88. The molecule has 23 heavy (non-hydrogen) atoms. The fourth-order valence-corrected chi connectivity index (χ4v) is 3.53. The Morgan fingerprint density at radius 2 is 1.96 bits per heavy atom. The molecular weight excluding hydrogens is 284 g/mol. The van der Waals surface area contributed by atoms with Crippen LogP contribution in [-0.2, 0) is 6.61 Å². The average Bonchev–Trinajstić information content (AvgIpc) is 2.62. The smallest absolute Gasteiger partial charge is 0.138 e. The highest BCUT2D eigenvalue weighted by atomic mass is 16.5. The summed E-state index contributed by atoms with van der Waals surface area (Å²) in [5.41, 5.74) is 3.78. The first kappa shape index (κ1) is 14.3. The molecule has 0 spiro atoms. The number of fused-ring (bicyclic) bond motifs is 3. The summed E-state index contributed by atoms with van der Waals surface area (Å²) >= 11 is 0. The van der Waals surface area contributed by atoms with Crippen LogP contribution < -0.4 is 4.74 Å². The van der Waals surface area contributed by atoms with Gasteiger partial charge < -0.3 is 9.64 Å². The molecule has 0 atom stereocenters. The molecule has 3 heteroatoms. The Bertz CT molecular complexity index is 688. The van der Waals surface area contributed by atoms with Gasteiger partial charge in [-0.3, -0.25) is 4.98 Å². The van der Waals surface area contributed by atoms with E-state index in [-0.39, 0.29) is 0 Å². The van der Waals surface area contributed by atoms with Gasteiger partial charge in [-0.1, -0.05) is 30.3 Å². The maximum Gasteiger partial charge on any atom is 0.138 e. The second kappa shape index (κ2) is 6.45. The standard InChI is InChI=1S/C20H22N2O/c1-2-4-17(5-3-1)15-23-20-12-18(13-21-14-20)11-19-10-16-6-8-22(19)9-7-16/h1-5,11-14,16H,6-10,15H2/b19-11+. The Kier molecular flexibility index (Phi) is 4.01. The van der Waals surface area contributed by atoms with E-state index in [1.807, 2.05) is 24.4 Å². The molecule has 0 aliphatic carbocycles. The fourth-order valence-electron chi connectivity index (χ4n) is 3.53. The van der Waals surface area contributed by atoms with Crippen molar-refractivity contribution < 1.29 is 4.74 Å². The number of rotatable bonds is 4. The van der Waals surface area contributed by atoms with E-state index in [1.54, 1.807) is 6.20 Å². The van der Waals surface area contributed by atoms with Crippen LogP contribution in [0.4, 0.5) is 0 Å². The summed E-state index contributed by atoms with van der Waals surface area (Å²) < 4.78 is 5.88. The van der Waals surface area contributed by atoms with E-state index < -0.39 is 0 Å². The van der Waals surface area contributed by atoms with Gasteiger partial charge in [-0.2, -0.15) is 0 Å². The van der Waals surface area contributed by atoms with Crippen LogP contribution in [-0.4, -0.2) is 23.0 Å². The number of ether oxygens (including phenoxy) is 1. The first-order chi connectivity index (χ1) is 11.4. The van der Waals surface area contributed by atoms with Crippen LogP contribution in [0.5, 0.6) is 5.75 Å². The van der Waals surface area contributed by atoms with Crippen molar-refractivity contribution in [3.63, 3.8) is 0 Å². The van der Waals surface area contributed by atoms with Gasteiger partial charge in [0.1, 0.15) is 12.4 Å². The SMILES string of the molecule is C(=C1/CC2CCN1CC2)/c1cncc(OCc2ccccc2)c1. The molecule has 3 fully saturated rings. The largest absolute Gasteiger partial charge is 0.487 e. The Morgan fingerprint density at radius 1 is 1.13 bits per heavy atom. The number of aromatic nitrogens is 1. The molecule has 2 aromatic rings. The molecule has 3 aliphatic rings. The number of benzene rings is 1. The Balaban J connectivity index is 1.46. The van der Waals surface area contributed by atoms with Crippen molar-refractivity contribution >= 4 is 6.08 Å². The van der Waals surface area contributed by atoms with Gasteiger partial charge in [-0.25, -0.2) is 0 Å². The highest BCUT2D eigenvalue weighted by Crippen LogP contribution is 2.35. The summed E-state index contributed by atoms with van der Waals surface area (Å²) in [5, 5.41) is 0. The van der Waals surface area contributed by atoms with Crippen molar-refractivity contribution in [1.29, 1.82) is 0 Å². The molecule has 5 rings (SSSR count). The van der Waals surface area contributed by atoms with Gasteiger partial charge in [0.15, 0.2) is 0 Å². The highest BCUT2D eigenvalue weighted by Gasteiger charge is 2.28. The minimum absolute atomic E-state index is 0.580. The molecular formula is C20H22N2O. The molecule has 0 radical (unpaired) electrons. The van der Waals surface area contributed by atoms with Gasteiger partial charge in [-0.05, 0) is 48.4 Å². The number of hydrogen-bond acceptors (Lipinski definition) is 3. The lowest BCUT2D eigenvalue weighted by atomic mass is 9.85. The zero-order valence-electron chi connectivity index (χ0n) is 13.3. The van der Waals surface area contributed by atoms with Gasteiger partial charge in [-0.15, -0.1) is 0 Å². The summed E-state index contributed by atoms with van der Waals surface area (Å²) in [7, 11) is 0. The molecule has 118 valence electrons. The van der Waals surface area contributed by atoms with Crippen molar-refractivity contribution in [1.82, 2.24) is 9.88 Å². The van der Waals surface area contributed by atoms with Gasteiger partial charge in [0.05, 0.1) is 6.20 Å². The lowest BCUT2D eigenvalue weighted by Gasteiger charge is -2.42. The predicted octanol–water partition coefficient (Wildman–Crippen LogP) is 4.12. The normalized spacial score (nSPS) is 19.3. The van der Waals surface area contributed by atoms with Crippen molar-refractivity contribution in [3.8, 4) is 5.75 Å². The molecule has 0 saturated carbocycles. The first-order valence-corrected chi connectivity index (χ1v) is 8.44. The fraction of sp³-hybridized carbons (Fsp3) is 0.350. The van der Waals surface area contributed by atoms with Crippen LogP contribution in [0.3, 0.4) is 0 Å². The van der Waals surface area contributed by atoms with E-state index in [0.717, 1.165) is 17.2 Å². The van der Waals surface area contributed by atoms with Gasteiger partial charge in [0, 0.05) is 25.0 Å². The molecule has 3 nitrogen and oxygen atoms in total. The topological polar surface area (TPSA) is 25.4 Å². The van der Waals surface area contributed by atoms with Crippen LogP contribution in [0.25, 0.3) is 6.08 Å². The lowest BCUT2D eigenvalue weighted by Crippen LogP contribution is -2.39. The van der Waals surface area contributed by atoms with E-state index >= 15 is 0 Å². The van der Waals surface area contributed by atoms with Crippen LogP contribution >= 0.6 is 0 Å². The maximum absolute atomic E-state index is 5.88. The van der Waals surface area contributed by atoms with Gasteiger partial charge >= 0.3 is 0 Å². The Morgan fingerprint density at radius 3 is 2.70 bits per heavy atom. The van der Waals surface area contributed by atoms with Crippen LogP contribution in [0, 0.1) is 5.92 Å². The van der Waals surface area contributed by atoms with Crippen molar-refractivity contribution in [2.24, 2.45) is 5.92 Å². The molecule has 3 aliphatic heterocycles. The zero-order valence-corrected chi connectivity index (χ0v) is 13.3. The molecule has 1 aromatic carbocycles. The third kappa shape index (κ3) is 3.39. The molecule has 0 amide bonds. The summed E-state index contributed by atoms with van der Waals surface area (Å²) in [6, 6.07) is 12.3. The van der Waals surface area contributed by atoms with Gasteiger partial charge in [0.2, 0.25) is 0 Å². The van der Waals surface area contributed by atoms with E-state index in [0.29, 0.717) is 6.61 Å². The third-order valence-corrected chi connectivity index (χ3v) is 4.83. The summed E-state index contributed by atoms with van der Waals surface area (Å²) in [5.74, 6) is 1.72. The van der Waals surface area contributed by atoms with E-state index in [2.05, 4.69) is 34.2 Å². The van der Waals surface area contributed by atoms with Crippen LogP contribution in [0.1, 0.15) is 30.4 Å². The quantitative estimate of drug-likeness (QED) is 0.849. The molecule has 2 bridgehead atoms. The van der Waals surface area contributed by atoms with E-state index in [4.69, 9.17) is 4.74 Å². The first-order valence-electron chi connectivity index (χ1n) is 8.44. The monoisotopic (exact) mass is 306 g/mol. The van der Waals surface area contributed by atoms with E-state index in [9.17, 15) is 0 Å². The van der Waals surface area contributed by atoms with Crippen molar-refractivity contribution in [3.05, 3.63) is 65.6 Å². The van der Waals surface area contributed by atoms with Gasteiger partial charge in [0.25, 0.3) is 0 Å². The number of allylic oxidation sites excluding steroid dienone is 1. The van der Waals surface area contributed by atoms with Crippen LogP contribution in [0.15, 0.2) is 54.5 Å². The highest BCUT2D eigenvalue weighted by molar-refractivity contribution is 5.53. The molecule has 0 unspecified atom stereocenters. The summed E-state index contributed by atoms with van der Waals surface area (Å²) in [6.07, 6.45) is 9.93. The number of piperidine rings is 3. The minimum atomic E-state index is 0.580. The lowest BCUT2D eigenvalue weighted by molar-refractivity contribution is 0.163. The van der Waals surface area contributed by atoms with Crippen molar-refractivity contribution in [2.45, 2.75) is 25.9 Å². The Labute approximate surface area is 137 Å². The second-order valence-electron chi connectivity index (χ2n) is 6.50. The second-order valence-corrected chi connectivity index (χ2v) is 6.50. The number of nitrogens with zero attached hydrogens (tertiary/aromatic N) is 2. The average molecular weight is 306 g/mol. The predicted molar refractivity (Wildman–Crippen MR) is 91.9 cm³/mol. The molecule has 1 aromatic heterocycles. The zero-order chi connectivity index (χ0) is 15.5. The number of pyridine rings is 1.